The van der Waals surface area contributed by atoms with Gasteiger partial charge < -0.3 is 4.90 Å². The Balaban J connectivity index is 1.25. The van der Waals surface area contributed by atoms with E-state index in [1.807, 2.05) is 11.8 Å². The Kier molecular flexibility index (Phi) is 5.42. The number of para-hydroxylation sites is 2. The predicted molar refractivity (Wildman–Crippen MR) is 169 cm³/mol. The van der Waals surface area contributed by atoms with E-state index in [1.165, 1.54) is 43.1 Å². The van der Waals surface area contributed by atoms with E-state index in [4.69, 9.17) is 4.98 Å². The van der Waals surface area contributed by atoms with Crippen LogP contribution in [-0.4, -0.2) is 4.98 Å². The molecular formula is C37H24N2S. The predicted octanol–water partition coefficient (Wildman–Crippen LogP) is 10.7. The highest BCUT2D eigenvalue weighted by Crippen LogP contribution is 2.51. The average Bonchev–Trinajstić information content (AvgIpc) is 3.03. The Morgan fingerprint density at radius 1 is 0.450 bits per heavy atom. The third kappa shape index (κ3) is 3.78. The smallest absolute Gasteiger partial charge is 0.0788 e. The Hall–Kier alpha value is -4.86. The number of aromatic nitrogens is 1. The third-order valence-corrected chi connectivity index (χ3v) is 8.77. The Morgan fingerprint density at radius 2 is 1.05 bits per heavy atom. The van der Waals surface area contributed by atoms with Crippen LogP contribution in [0.5, 0.6) is 0 Å². The maximum absolute atomic E-state index is 5.21. The quantitative estimate of drug-likeness (QED) is 0.212. The normalized spacial score (nSPS) is 12.3. The van der Waals surface area contributed by atoms with E-state index in [1.54, 1.807) is 0 Å². The van der Waals surface area contributed by atoms with Crippen molar-refractivity contribution in [2.24, 2.45) is 0 Å². The molecule has 0 atom stereocenters. The number of rotatable bonds is 3. The van der Waals surface area contributed by atoms with Crippen LogP contribution in [0.4, 0.5) is 17.1 Å². The number of anilines is 3. The first-order valence-corrected chi connectivity index (χ1v) is 14.3. The number of pyridine rings is 1. The van der Waals surface area contributed by atoms with E-state index >= 15 is 0 Å². The molecule has 0 amide bonds. The Labute approximate surface area is 237 Å². The molecule has 0 fully saturated rings. The fourth-order valence-corrected chi connectivity index (χ4v) is 6.79. The summed E-state index contributed by atoms with van der Waals surface area (Å²) in [5.74, 6) is 0. The zero-order chi connectivity index (χ0) is 26.5. The molecule has 2 heterocycles. The molecule has 0 unspecified atom stereocenters. The van der Waals surface area contributed by atoms with Crippen LogP contribution in [-0.2, 0) is 0 Å². The summed E-state index contributed by atoms with van der Waals surface area (Å²) in [7, 11) is 0. The van der Waals surface area contributed by atoms with Gasteiger partial charge in [0.1, 0.15) is 0 Å². The van der Waals surface area contributed by atoms with E-state index < -0.39 is 0 Å². The highest BCUT2D eigenvalue weighted by molar-refractivity contribution is 7.99. The van der Waals surface area contributed by atoms with Gasteiger partial charge in [-0.2, -0.15) is 0 Å². The minimum absolute atomic E-state index is 1.01. The summed E-state index contributed by atoms with van der Waals surface area (Å²) >= 11 is 1.83. The van der Waals surface area contributed by atoms with Gasteiger partial charge in [-0.1, -0.05) is 109 Å². The molecule has 3 heteroatoms. The fraction of sp³-hybridized carbons (Fsp3) is 0. The molecule has 1 aromatic heterocycles. The zero-order valence-corrected chi connectivity index (χ0v) is 22.5. The van der Waals surface area contributed by atoms with E-state index in [2.05, 4.69) is 150 Å². The van der Waals surface area contributed by atoms with Gasteiger partial charge in [0.25, 0.3) is 0 Å². The molecule has 0 saturated carbocycles. The third-order valence-electron chi connectivity index (χ3n) is 7.64. The van der Waals surface area contributed by atoms with Crippen molar-refractivity contribution in [2.75, 3.05) is 4.90 Å². The monoisotopic (exact) mass is 528 g/mol. The molecule has 40 heavy (non-hydrogen) atoms. The molecule has 0 aliphatic carbocycles. The van der Waals surface area contributed by atoms with Gasteiger partial charge in [0, 0.05) is 31.8 Å². The molecule has 1 aliphatic rings. The van der Waals surface area contributed by atoms with Crippen molar-refractivity contribution in [3.8, 4) is 22.4 Å². The summed E-state index contributed by atoms with van der Waals surface area (Å²) in [5.41, 5.74) is 9.11. The molecule has 8 rings (SSSR count). The van der Waals surface area contributed by atoms with Gasteiger partial charge in [-0.15, -0.1) is 0 Å². The molecular weight excluding hydrogens is 504 g/mol. The largest absolute Gasteiger partial charge is 0.308 e. The van der Waals surface area contributed by atoms with Crippen LogP contribution in [0.25, 0.3) is 44.1 Å². The van der Waals surface area contributed by atoms with Crippen LogP contribution < -0.4 is 4.90 Å². The first-order valence-electron chi connectivity index (χ1n) is 13.5. The van der Waals surface area contributed by atoms with E-state index in [0.717, 1.165) is 27.8 Å². The van der Waals surface area contributed by atoms with E-state index in [9.17, 15) is 0 Å². The second-order valence-electron chi connectivity index (χ2n) is 10.0. The van der Waals surface area contributed by atoms with Gasteiger partial charge in [0.05, 0.1) is 22.6 Å². The minimum Gasteiger partial charge on any atom is -0.308 e. The fourth-order valence-electron chi connectivity index (χ4n) is 5.74. The SMILES string of the molecule is c1ccc(-c2ccc3nc(-c4ccc(N5c6ccccc6Sc6ccccc65)cc4)c4ccccc4c3c2)cc1. The highest BCUT2D eigenvalue weighted by Gasteiger charge is 2.24. The lowest BCUT2D eigenvalue weighted by Gasteiger charge is -2.32. The second kappa shape index (κ2) is 9.41. The van der Waals surface area contributed by atoms with Crippen LogP contribution in [0.15, 0.2) is 155 Å². The molecule has 0 saturated heterocycles. The first-order chi connectivity index (χ1) is 19.8. The molecule has 0 N–H and O–H groups in total. The summed E-state index contributed by atoms with van der Waals surface area (Å²) in [6.45, 7) is 0. The van der Waals surface area contributed by atoms with Crippen molar-refractivity contribution >= 4 is 50.5 Å². The van der Waals surface area contributed by atoms with Crippen LogP contribution in [0, 0.1) is 0 Å². The topological polar surface area (TPSA) is 16.1 Å². The van der Waals surface area contributed by atoms with Crippen molar-refractivity contribution in [2.45, 2.75) is 9.79 Å². The van der Waals surface area contributed by atoms with E-state index in [-0.39, 0.29) is 0 Å². The molecule has 6 aromatic carbocycles. The van der Waals surface area contributed by atoms with Crippen LogP contribution in [0.1, 0.15) is 0 Å². The minimum atomic E-state index is 1.01. The second-order valence-corrected chi connectivity index (χ2v) is 11.1. The lowest BCUT2D eigenvalue weighted by molar-refractivity contribution is 1.17. The summed E-state index contributed by atoms with van der Waals surface area (Å²) in [5, 5.41) is 3.56. The molecule has 0 radical (unpaired) electrons. The standard InChI is InChI=1S/C37H24N2S/c1-2-10-25(11-3-1)27-20-23-32-31(24-27)29-12-4-5-13-30(29)37(38-32)26-18-21-28(22-19-26)39-33-14-6-8-16-35(33)40-36-17-9-7-15-34(36)39/h1-24H. The molecule has 0 bridgehead atoms. The van der Waals surface area contributed by atoms with Crippen molar-refractivity contribution in [1.82, 2.24) is 4.98 Å². The summed E-state index contributed by atoms with van der Waals surface area (Å²) in [6, 6.07) is 51.9. The van der Waals surface area contributed by atoms with Crippen LogP contribution in [0.2, 0.25) is 0 Å². The van der Waals surface area contributed by atoms with Crippen molar-refractivity contribution in [1.29, 1.82) is 0 Å². The number of hydrogen-bond donors (Lipinski definition) is 0. The van der Waals surface area contributed by atoms with Gasteiger partial charge in [0.2, 0.25) is 0 Å². The molecule has 7 aromatic rings. The van der Waals surface area contributed by atoms with Gasteiger partial charge in [0.15, 0.2) is 0 Å². The summed E-state index contributed by atoms with van der Waals surface area (Å²) in [6.07, 6.45) is 0. The Morgan fingerprint density at radius 3 is 1.77 bits per heavy atom. The molecule has 2 nitrogen and oxygen atoms in total. The van der Waals surface area contributed by atoms with E-state index in [0.29, 0.717) is 0 Å². The van der Waals surface area contributed by atoms with Gasteiger partial charge in [-0.3, -0.25) is 0 Å². The zero-order valence-electron chi connectivity index (χ0n) is 21.7. The average molecular weight is 529 g/mol. The van der Waals surface area contributed by atoms with Crippen molar-refractivity contribution < 1.29 is 0 Å². The van der Waals surface area contributed by atoms with Crippen molar-refractivity contribution in [3.05, 3.63) is 146 Å². The highest BCUT2D eigenvalue weighted by atomic mass is 32.2. The lowest BCUT2D eigenvalue weighted by Crippen LogP contribution is -2.14. The van der Waals surface area contributed by atoms with Gasteiger partial charge in [-0.25, -0.2) is 4.98 Å². The first kappa shape index (κ1) is 23.1. The summed E-state index contributed by atoms with van der Waals surface area (Å²) in [4.78, 5) is 10.1. The van der Waals surface area contributed by atoms with Gasteiger partial charge in [-0.05, 0) is 65.0 Å². The lowest BCUT2D eigenvalue weighted by atomic mass is 9.97. The molecule has 1 aliphatic heterocycles. The van der Waals surface area contributed by atoms with Crippen LogP contribution >= 0.6 is 11.8 Å². The molecule has 188 valence electrons. The molecule has 0 spiro atoms. The van der Waals surface area contributed by atoms with Crippen LogP contribution in [0.3, 0.4) is 0 Å². The Bertz CT molecular complexity index is 1990. The number of fused-ring (bicyclic) bond motifs is 5. The summed E-state index contributed by atoms with van der Waals surface area (Å²) < 4.78 is 0. The number of nitrogens with zero attached hydrogens (tertiary/aromatic N) is 2. The number of hydrogen-bond acceptors (Lipinski definition) is 3. The van der Waals surface area contributed by atoms with Gasteiger partial charge >= 0.3 is 0 Å². The maximum Gasteiger partial charge on any atom is 0.0788 e. The maximum atomic E-state index is 5.21. The number of benzene rings is 6. The van der Waals surface area contributed by atoms with Crippen molar-refractivity contribution in [3.63, 3.8) is 0 Å².